The Morgan fingerprint density at radius 2 is 1.94 bits per heavy atom. The summed E-state index contributed by atoms with van der Waals surface area (Å²) >= 11 is 0. The van der Waals surface area contributed by atoms with Crippen molar-refractivity contribution in [1.82, 2.24) is 9.71 Å². The number of hydrogen-bond donors (Lipinski definition) is 2. The van der Waals surface area contributed by atoms with Crippen molar-refractivity contribution < 1.29 is 13.2 Å². The van der Waals surface area contributed by atoms with Crippen LogP contribution in [-0.2, 0) is 10.2 Å². The molecule has 0 radical (unpaired) electrons. The molecular weight excluding hydrogens is 460 g/mol. The van der Waals surface area contributed by atoms with E-state index in [-0.39, 0.29) is 5.91 Å². The van der Waals surface area contributed by atoms with Gasteiger partial charge in [0.25, 0.3) is 5.91 Å². The highest BCUT2D eigenvalue weighted by molar-refractivity contribution is 7.90. The van der Waals surface area contributed by atoms with E-state index in [2.05, 4.69) is 40.2 Å². The maximum atomic E-state index is 13.0. The van der Waals surface area contributed by atoms with Crippen LogP contribution in [0, 0.1) is 6.92 Å². The molecule has 2 aromatic carbocycles. The van der Waals surface area contributed by atoms with Crippen LogP contribution in [-0.4, -0.2) is 32.4 Å². The quantitative estimate of drug-likeness (QED) is 0.548. The molecule has 7 nitrogen and oxygen atoms in total. The second-order valence-corrected chi connectivity index (χ2v) is 10.7. The van der Waals surface area contributed by atoms with E-state index in [0.717, 1.165) is 35.2 Å². The number of fused-ring (bicyclic) bond motifs is 1. The van der Waals surface area contributed by atoms with Crippen molar-refractivity contribution in [2.45, 2.75) is 32.6 Å². The Hall–Kier alpha value is -3.49. The monoisotopic (exact) mass is 488 g/mol. The molecule has 2 aliphatic rings. The Labute approximate surface area is 206 Å². The van der Waals surface area contributed by atoms with Gasteiger partial charge in [-0.15, -0.1) is 0 Å². The van der Waals surface area contributed by atoms with Crippen molar-refractivity contribution in [3.63, 3.8) is 0 Å². The van der Waals surface area contributed by atoms with Crippen molar-refractivity contribution in [2.75, 3.05) is 22.7 Å². The average molecular weight is 489 g/mol. The van der Waals surface area contributed by atoms with Gasteiger partial charge in [-0.05, 0) is 79.3 Å². The molecule has 1 saturated heterocycles. The molecule has 2 N–H and O–H groups in total. The number of carbonyl (C=O) groups excluding carboxylic acids is 1. The number of amides is 1. The van der Waals surface area contributed by atoms with Crippen LogP contribution in [0.25, 0.3) is 17.3 Å². The van der Waals surface area contributed by atoms with Crippen LogP contribution in [0.3, 0.4) is 0 Å². The van der Waals surface area contributed by atoms with Crippen LogP contribution in [0.5, 0.6) is 0 Å². The molecule has 0 spiro atoms. The summed E-state index contributed by atoms with van der Waals surface area (Å²) in [6.07, 6.45) is 7.93. The van der Waals surface area contributed by atoms with Crippen LogP contribution in [0.4, 0.5) is 11.4 Å². The fourth-order valence-corrected chi connectivity index (χ4v) is 5.98. The van der Waals surface area contributed by atoms with E-state index in [9.17, 15) is 13.2 Å². The fraction of sp³-hybridized carbons (Fsp3) is 0.259. The third-order valence-corrected chi connectivity index (χ3v) is 8.15. The molecule has 3 aromatic rings. The molecule has 0 saturated carbocycles. The van der Waals surface area contributed by atoms with Crippen molar-refractivity contribution >= 4 is 33.6 Å². The predicted octanol–water partition coefficient (Wildman–Crippen LogP) is 4.87. The number of allylic oxidation sites excluding steroid dienone is 1. The zero-order valence-corrected chi connectivity index (χ0v) is 20.6. The average Bonchev–Trinajstić information content (AvgIpc) is 2.85. The number of anilines is 2. The van der Waals surface area contributed by atoms with E-state index in [1.165, 1.54) is 9.87 Å². The number of nitrogens with one attached hydrogen (secondary N) is 2. The molecule has 0 bridgehead atoms. The Morgan fingerprint density at radius 1 is 1.14 bits per heavy atom. The Bertz CT molecular complexity index is 1410. The zero-order valence-electron chi connectivity index (χ0n) is 19.8. The number of aromatic nitrogens is 1. The molecule has 2 heterocycles. The summed E-state index contributed by atoms with van der Waals surface area (Å²) < 4.78 is 28.4. The topological polar surface area (TPSA) is 91.4 Å². The minimum absolute atomic E-state index is 0.262. The highest BCUT2D eigenvalue weighted by Crippen LogP contribution is 2.36. The van der Waals surface area contributed by atoms with Crippen molar-refractivity contribution in [1.29, 1.82) is 0 Å². The number of nitrogens with zero attached hydrogens (tertiary/aromatic N) is 2. The maximum absolute atomic E-state index is 13.0. The fourth-order valence-electron chi connectivity index (χ4n) is 4.65. The van der Waals surface area contributed by atoms with Gasteiger partial charge in [0.1, 0.15) is 0 Å². The minimum Gasteiger partial charge on any atom is -0.322 e. The first-order chi connectivity index (χ1) is 16.8. The van der Waals surface area contributed by atoms with Crippen LogP contribution < -0.4 is 14.3 Å². The lowest BCUT2D eigenvalue weighted by Crippen LogP contribution is -2.47. The van der Waals surface area contributed by atoms with Gasteiger partial charge < -0.3 is 5.32 Å². The van der Waals surface area contributed by atoms with Crippen molar-refractivity contribution in [2.24, 2.45) is 0 Å². The molecular formula is C27H28N4O3S. The van der Waals surface area contributed by atoms with Gasteiger partial charge in [0.2, 0.25) is 0 Å². The minimum atomic E-state index is -3.53. The Morgan fingerprint density at radius 3 is 2.71 bits per heavy atom. The van der Waals surface area contributed by atoms with E-state index in [1.54, 1.807) is 24.3 Å². The molecule has 8 heteroatoms. The molecule has 5 rings (SSSR count). The number of benzene rings is 2. The molecule has 1 fully saturated rings. The first-order valence-electron chi connectivity index (χ1n) is 11.8. The number of aryl methyl sites for hydroxylation is 1. The molecule has 180 valence electrons. The zero-order chi connectivity index (χ0) is 24.6. The summed E-state index contributed by atoms with van der Waals surface area (Å²) in [5, 5.41) is 2.97. The van der Waals surface area contributed by atoms with Gasteiger partial charge >= 0.3 is 10.2 Å². The Balaban J connectivity index is 1.39. The van der Waals surface area contributed by atoms with Gasteiger partial charge in [-0.25, -0.2) is 0 Å². The summed E-state index contributed by atoms with van der Waals surface area (Å²) in [6.45, 7) is 5.12. The van der Waals surface area contributed by atoms with Gasteiger partial charge in [0.15, 0.2) is 0 Å². The summed E-state index contributed by atoms with van der Waals surface area (Å²) in [4.78, 5) is 17.6. The smallest absolute Gasteiger partial charge is 0.301 e. The highest BCUT2D eigenvalue weighted by atomic mass is 32.2. The first kappa shape index (κ1) is 23.3. The third-order valence-electron chi connectivity index (χ3n) is 6.61. The van der Waals surface area contributed by atoms with Crippen LogP contribution in [0.1, 0.15) is 52.7 Å². The van der Waals surface area contributed by atoms with Gasteiger partial charge in [0.05, 0.1) is 11.4 Å². The summed E-state index contributed by atoms with van der Waals surface area (Å²) in [5.41, 5.74) is 7.06. The SMILES string of the molecule is Cc1ccc(NC(=O)c2ccc(N3CCCNS3(=O)=O)cc2)cc1-c1nccc2c1C=CCC2C. The number of hydrogen-bond acceptors (Lipinski definition) is 4. The molecule has 1 aliphatic carbocycles. The highest BCUT2D eigenvalue weighted by Gasteiger charge is 2.25. The second kappa shape index (κ2) is 9.28. The van der Waals surface area contributed by atoms with E-state index >= 15 is 0 Å². The lowest BCUT2D eigenvalue weighted by atomic mass is 9.86. The van der Waals surface area contributed by atoms with E-state index in [1.807, 2.05) is 31.3 Å². The maximum Gasteiger partial charge on any atom is 0.301 e. The normalized spacial score (nSPS) is 18.7. The van der Waals surface area contributed by atoms with Gasteiger partial charge in [-0.1, -0.05) is 25.1 Å². The number of pyridine rings is 1. The molecule has 1 aromatic heterocycles. The lowest BCUT2D eigenvalue weighted by Gasteiger charge is -2.28. The third kappa shape index (κ3) is 4.59. The number of rotatable bonds is 4. The molecule has 1 aliphatic heterocycles. The summed E-state index contributed by atoms with van der Waals surface area (Å²) in [7, 11) is -3.53. The summed E-state index contributed by atoms with van der Waals surface area (Å²) in [5.74, 6) is 0.182. The number of carbonyl (C=O) groups is 1. The summed E-state index contributed by atoms with van der Waals surface area (Å²) in [6, 6.07) is 14.5. The van der Waals surface area contributed by atoms with Crippen LogP contribution in [0.15, 0.2) is 60.8 Å². The van der Waals surface area contributed by atoms with E-state index in [0.29, 0.717) is 35.9 Å². The van der Waals surface area contributed by atoms with Gasteiger partial charge in [-0.3, -0.25) is 14.1 Å². The van der Waals surface area contributed by atoms with Crippen molar-refractivity contribution in [3.05, 3.63) is 83.1 Å². The second-order valence-electron chi connectivity index (χ2n) is 9.06. The molecule has 1 atom stereocenters. The standard InChI is InChI=1S/C27H28N4O3S/c1-18-5-3-6-24-23(18)13-15-28-26(24)25-17-21(10-7-19(25)2)30-27(32)20-8-11-22(12-9-20)31-16-4-14-29-35(31,33)34/h3,6-13,15,17-18,29H,4-5,14,16H2,1-2H3,(H,30,32). The van der Waals surface area contributed by atoms with Gasteiger partial charge in [-0.2, -0.15) is 13.1 Å². The molecule has 1 unspecified atom stereocenters. The van der Waals surface area contributed by atoms with Gasteiger partial charge in [0, 0.05) is 41.7 Å². The molecule has 1 amide bonds. The van der Waals surface area contributed by atoms with Crippen LogP contribution >= 0.6 is 0 Å². The van der Waals surface area contributed by atoms with E-state index in [4.69, 9.17) is 0 Å². The van der Waals surface area contributed by atoms with Crippen LogP contribution in [0.2, 0.25) is 0 Å². The first-order valence-corrected chi connectivity index (χ1v) is 13.2. The lowest BCUT2D eigenvalue weighted by molar-refractivity contribution is 0.102. The van der Waals surface area contributed by atoms with Crippen molar-refractivity contribution in [3.8, 4) is 11.3 Å². The largest absolute Gasteiger partial charge is 0.322 e. The predicted molar refractivity (Wildman–Crippen MR) is 140 cm³/mol. The Kier molecular flexibility index (Phi) is 6.17. The molecule has 35 heavy (non-hydrogen) atoms. The van der Waals surface area contributed by atoms with E-state index < -0.39 is 10.2 Å².